The molecule has 0 saturated heterocycles. The predicted molar refractivity (Wildman–Crippen MR) is 66.7 cm³/mol. The number of amides is 1. The molecule has 1 aromatic heterocycles. The van der Waals surface area contributed by atoms with Crippen LogP contribution in [0.15, 0.2) is 12.1 Å². The monoisotopic (exact) mass is 238 g/mol. The molecule has 94 valence electrons. The van der Waals surface area contributed by atoms with E-state index in [1.54, 1.807) is 12.1 Å². The van der Waals surface area contributed by atoms with Gasteiger partial charge in [0.1, 0.15) is 5.82 Å². The maximum Gasteiger partial charge on any atom is 0.239 e. The van der Waals surface area contributed by atoms with Crippen molar-refractivity contribution in [3.05, 3.63) is 12.1 Å². The van der Waals surface area contributed by atoms with Crippen molar-refractivity contribution in [2.45, 2.75) is 19.8 Å². The highest BCUT2D eigenvalue weighted by Crippen LogP contribution is 2.20. The molecule has 0 spiro atoms. The van der Waals surface area contributed by atoms with Crippen LogP contribution < -0.4 is 21.5 Å². The molecule has 0 aromatic carbocycles. The molecule has 6 nitrogen and oxygen atoms in total. The summed E-state index contributed by atoms with van der Waals surface area (Å²) in [5, 5.41) is 3.07. The minimum absolute atomic E-state index is 0.299. The van der Waals surface area contributed by atoms with Crippen molar-refractivity contribution >= 4 is 17.4 Å². The Morgan fingerprint density at radius 1 is 1.53 bits per heavy atom. The fourth-order valence-electron chi connectivity index (χ4n) is 1.28. The smallest absolute Gasteiger partial charge is 0.239 e. The number of ether oxygens (including phenoxy) is 1. The lowest BCUT2D eigenvalue weighted by Gasteiger charge is -2.09. The van der Waals surface area contributed by atoms with Crippen molar-refractivity contribution in [1.29, 1.82) is 0 Å². The van der Waals surface area contributed by atoms with E-state index in [0.717, 1.165) is 0 Å². The summed E-state index contributed by atoms with van der Waals surface area (Å²) in [5.74, 6) is 0.798. The van der Waals surface area contributed by atoms with Crippen LogP contribution in [-0.4, -0.2) is 24.0 Å². The Bertz CT molecular complexity index is 382. The number of nitrogen functional groups attached to an aromatic ring is 1. The van der Waals surface area contributed by atoms with Gasteiger partial charge in [0, 0.05) is 13.0 Å². The normalized spacial score (nSPS) is 9.94. The average Bonchev–Trinajstić information content (AvgIpc) is 2.28. The summed E-state index contributed by atoms with van der Waals surface area (Å²) in [4.78, 5) is 14.7. The van der Waals surface area contributed by atoms with E-state index in [4.69, 9.17) is 16.2 Å². The maximum atomic E-state index is 10.5. The van der Waals surface area contributed by atoms with E-state index in [1.807, 2.05) is 6.92 Å². The van der Waals surface area contributed by atoms with Gasteiger partial charge in [-0.25, -0.2) is 0 Å². The summed E-state index contributed by atoms with van der Waals surface area (Å²) in [7, 11) is 0. The third-order valence-corrected chi connectivity index (χ3v) is 2.08. The summed E-state index contributed by atoms with van der Waals surface area (Å²) in [6.07, 6.45) is 1.03. The molecule has 0 unspecified atom stereocenters. The van der Waals surface area contributed by atoms with E-state index in [2.05, 4.69) is 10.3 Å². The number of pyridine rings is 1. The molecule has 5 N–H and O–H groups in total. The molecule has 0 aliphatic carbocycles. The standard InChI is InChI=1S/C11H18N4O2/c1-2-17-11-8(12)5-6-10(15-11)14-7-3-4-9(13)16/h5-6H,2-4,7,12H2,1H3,(H2,13,16)(H,14,15). The number of nitrogens with zero attached hydrogens (tertiary/aromatic N) is 1. The largest absolute Gasteiger partial charge is 0.476 e. The molecule has 0 saturated carbocycles. The van der Waals surface area contributed by atoms with Crippen LogP contribution in [0.4, 0.5) is 11.5 Å². The van der Waals surface area contributed by atoms with Crippen LogP contribution >= 0.6 is 0 Å². The van der Waals surface area contributed by atoms with Crippen LogP contribution in [0.3, 0.4) is 0 Å². The van der Waals surface area contributed by atoms with E-state index in [0.29, 0.717) is 43.4 Å². The van der Waals surface area contributed by atoms with Gasteiger partial charge in [-0.1, -0.05) is 0 Å². The number of nitrogens with one attached hydrogen (secondary N) is 1. The van der Waals surface area contributed by atoms with Gasteiger partial charge < -0.3 is 21.5 Å². The molecule has 1 amide bonds. The van der Waals surface area contributed by atoms with E-state index >= 15 is 0 Å². The van der Waals surface area contributed by atoms with Crippen LogP contribution in [0.25, 0.3) is 0 Å². The van der Waals surface area contributed by atoms with Gasteiger partial charge in [-0.05, 0) is 25.5 Å². The van der Waals surface area contributed by atoms with Crippen LogP contribution in [0.5, 0.6) is 5.88 Å². The third-order valence-electron chi connectivity index (χ3n) is 2.08. The number of hydrogen-bond acceptors (Lipinski definition) is 5. The van der Waals surface area contributed by atoms with Crippen molar-refractivity contribution in [3.8, 4) is 5.88 Å². The second-order valence-corrected chi connectivity index (χ2v) is 3.52. The fraction of sp³-hybridized carbons (Fsp3) is 0.455. The highest BCUT2D eigenvalue weighted by Gasteiger charge is 2.03. The molecule has 0 radical (unpaired) electrons. The molecule has 1 heterocycles. The van der Waals surface area contributed by atoms with Crippen LogP contribution in [0.2, 0.25) is 0 Å². The number of nitrogens with two attached hydrogens (primary N) is 2. The summed E-state index contributed by atoms with van der Waals surface area (Å²) in [6, 6.07) is 3.50. The summed E-state index contributed by atoms with van der Waals surface area (Å²) in [6.45, 7) is 3.02. The van der Waals surface area contributed by atoms with E-state index < -0.39 is 0 Å². The van der Waals surface area contributed by atoms with E-state index in [1.165, 1.54) is 0 Å². The second-order valence-electron chi connectivity index (χ2n) is 3.52. The zero-order valence-electron chi connectivity index (χ0n) is 9.90. The topological polar surface area (TPSA) is 103 Å². The van der Waals surface area contributed by atoms with Crippen molar-refractivity contribution < 1.29 is 9.53 Å². The third kappa shape index (κ3) is 4.58. The number of hydrogen-bond donors (Lipinski definition) is 3. The number of aromatic nitrogens is 1. The number of carbonyl (C=O) groups excluding carboxylic acids is 1. The molecule has 17 heavy (non-hydrogen) atoms. The summed E-state index contributed by atoms with van der Waals surface area (Å²) in [5.41, 5.74) is 11.2. The van der Waals surface area contributed by atoms with Crippen LogP contribution in [0, 0.1) is 0 Å². The molecular formula is C11H18N4O2. The highest BCUT2D eigenvalue weighted by atomic mass is 16.5. The van der Waals surface area contributed by atoms with Gasteiger partial charge >= 0.3 is 0 Å². The van der Waals surface area contributed by atoms with Crippen LogP contribution in [0.1, 0.15) is 19.8 Å². The molecule has 1 rings (SSSR count). The first kappa shape index (κ1) is 13.1. The summed E-state index contributed by atoms with van der Waals surface area (Å²) < 4.78 is 5.27. The lowest BCUT2D eigenvalue weighted by Crippen LogP contribution is -2.13. The molecule has 0 fully saturated rings. The van der Waals surface area contributed by atoms with Gasteiger partial charge in [0.2, 0.25) is 11.8 Å². The first-order chi connectivity index (χ1) is 8.13. The van der Waals surface area contributed by atoms with Gasteiger partial charge in [0.05, 0.1) is 12.3 Å². The molecule has 0 atom stereocenters. The first-order valence-corrected chi connectivity index (χ1v) is 5.55. The number of primary amides is 1. The summed E-state index contributed by atoms with van der Waals surface area (Å²) >= 11 is 0. The molecule has 0 aliphatic heterocycles. The Morgan fingerprint density at radius 3 is 2.94 bits per heavy atom. The van der Waals surface area contributed by atoms with E-state index in [9.17, 15) is 4.79 Å². The van der Waals surface area contributed by atoms with Crippen LogP contribution in [-0.2, 0) is 4.79 Å². The van der Waals surface area contributed by atoms with Crippen molar-refractivity contribution in [1.82, 2.24) is 4.98 Å². The van der Waals surface area contributed by atoms with Gasteiger partial charge in [-0.15, -0.1) is 0 Å². The molecule has 6 heteroatoms. The number of anilines is 2. The van der Waals surface area contributed by atoms with E-state index in [-0.39, 0.29) is 5.91 Å². The molecule has 0 aliphatic rings. The minimum atomic E-state index is -0.299. The lowest BCUT2D eigenvalue weighted by atomic mass is 10.3. The zero-order chi connectivity index (χ0) is 12.7. The van der Waals surface area contributed by atoms with Gasteiger partial charge in [-0.3, -0.25) is 4.79 Å². The first-order valence-electron chi connectivity index (χ1n) is 5.55. The average molecular weight is 238 g/mol. The van der Waals surface area contributed by atoms with Crippen molar-refractivity contribution in [3.63, 3.8) is 0 Å². The Kier molecular flexibility index (Phi) is 5.06. The SMILES string of the molecule is CCOc1nc(NCCCC(N)=O)ccc1N. The quantitative estimate of drug-likeness (QED) is 0.608. The minimum Gasteiger partial charge on any atom is -0.476 e. The molecule has 0 bridgehead atoms. The van der Waals surface area contributed by atoms with Gasteiger partial charge in [0.15, 0.2) is 0 Å². The maximum absolute atomic E-state index is 10.5. The Balaban J connectivity index is 2.48. The molecule has 1 aromatic rings. The Hall–Kier alpha value is -1.98. The second kappa shape index (κ2) is 6.57. The van der Waals surface area contributed by atoms with Crippen molar-refractivity contribution in [2.75, 3.05) is 24.2 Å². The zero-order valence-corrected chi connectivity index (χ0v) is 9.90. The highest BCUT2D eigenvalue weighted by molar-refractivity contribution is 5.73. The van der Waals surface area contributed by atoms with Gasteiger partial charge in [-0.2, -0.15) is 4.98 Å². The number of rotatable bonds is 7. The number of carbonyl (C=O) groups is 1. The van der Waals surface area contributed by atoms with Crippen molar-refractivity contribution in [2.24, 2.45) is 5.73 Å². The van der Waals surface area contributed by atoms with Gasteiger partial charge in [0.25, 0.3) is 0 Å². The fourth-order valence-corrected chi connectivity index (χ4v) is 1.28. The Labute approximate surface area is 100 Å². The predicted octanol–water partition coefficient (Wildman–Crippen LogP) is 0.740. The molecular weight excluding hydrogens is 220 g/mol. The Morgan fingerprint density at radius 2 is 2.29 bits per heavy atom. The lowest BCUT2D eigenvalue weighted by molar-refractivity contribution is -0.118.